The minimum atomic E-state index is -0.109. The van der Waals surface area contributed by atoms with Gasteiger partial charge in [0, 0.05) is 29.7 Å². The van der Waals surface area contributed by atoms with Crippen LogP contribution in [-0.2, 0) is 4.74 Å². The third kappa shape index (κ3) is 2.56. The van der Waals surface area contributed by atoms with Crippen LogP contribution in [0.3, 0.4) is 0 Å². The van der Waals surface area contributed by atoms with Gasteiger partial charge in [0.05, 0.1) is 11.1 Å². The van der Waals surface area contributed by atoms with Gasteiger partial charge in [-0.1, -0.05) is 0 Å². The molecule has 0 bridgehead atoms. The zero-order valence-electron chi connectivity index (χ0n) is 11.8. The first-order chi connectivity index (χ1) is 9.57. The molecule has 1 aliphatic heterocycles. The van der Waals surface area contributed by atoms with E-state index >= 15 is 0 Å². The van der Waals surface area contributed by atoms with Gasteiger partial charge in [0.1, 0.15) is 12.1 Å². The minimum absolute atomic E-state index is 0.109. The fraction of sp³-hybridized carbons (Fsp3) is 0.438. The number of carbonyl (C=O) groups is 1. The van der Waals surface area contributed by atoms with Gasteiger partial charge in [-0.05, 0) is 44.9 Å². The van der Waals surface area contributed by atoms with Crippen molar-refractivity contribution >= 4 is 17.2 Å². The molecule has 1 fully saturated rings. The summed E-state index contributed by atoms with van der Waals surface area (Å²) in [5.41, 5.74) is 1.44. The Morgan fingerprint density at radius 2 is 2.25 bits per heavy atom. The van der Waals surface area contributed by atoms with Gasteiger partial charge in [-0.2, -0.15) is 0 Å². The van der Waals surface area contributed by atoms with Crippen molar-refractivity contribution in [3.8, 4) is 0 Å². The van der Waals surface area contributed by atoms with Crippen molar-refractivity contribution in [2.75, 3.05) is 6.61 Å². The maximum atomic E-state index is 10.8. The Labute approximate surface area is 118 Å². The highest BCUT2D eigenvalue weighted by molar-refractivity contribution is 5.86. The molecule has 104 valence electrons. The normalized spacial score (nSPS) is 21.8. The quantitative estimate of drug-likeness (QED) is 0.787. The summed E-state index contributed by atoms with van der Waals surface area (Å²) in [6.45, 7) is 4.97. The van der Waals surface area contributed by atoms with E-state index in [-0.39, 0.29) is 5.60 Å². The molecule has 1 aromatic carbocycles. The fourth-order valence-electron chi connectivity index (χ4n) is 2.79. The lowest BCUT2D eigenvalue weighted by atomic mass is 9.88. The van der Waals surface area contributed by atoms with Crippen LogP contribution in [0.1, 0.15) is 48.8 Å². The zero-order chi connectivity index (χ0) is 14.2. The number of aromatic nitrogens is 2. The van der Waals surface area contributed by atoms with Crippen molar-refractivity contribution < 1.29 is 9.53 Å². The third-order valence-electron chi connectivity index (χ3n) is 3.82. The van der Waals surface area contributed by atoms with Crippen molar-refractivity contribution in [1.29, 1.82) is 0 Å². The molecule has 0 unspecified atom stereocenters. The number of nitrogens with zero attached hydrogens (tertiary/aromatic N) is 2. The molecule has 0 N–H and O–H groups in total. The average molecular weight is 270 g/mol. The molecule has 1 saturated heterocycles. The van der Waals surface area contributed by atoms with E-state index in [1.54, 1.807) is 6.07 Å². The number of benzene rings is 1. The second-order valence-electron chi connectivity index (χ2n) is 5.96. The summed E-state index contributed by atoms with van der Waals surface area (Å²) in [7, 11) is 0. The Balaban J connectivity index is 1.94. The van der Waals surface area contributed by atoms with E-state index < -0.39 is 0 Å². The van der Waals surface area contributed by atoms with Gasteiger partial charge in [-0.3, -0.25) is 4.79 Å². The van der Waals surface area contributed by atoms with Crippen LogP contribution in [0, 0.1) is 0 Å². The summed E-state index contributed by atoms with van der Waals surface area (Å²) in [4.78, 5) is 19.9. The molecular formula is C16H18N2O2. The highest BCUT2D eigenvalue weighted by Crippen LogP contribution is 2.34. The van der Waals surface area contributed by atoms with Gasteiger partial charge in [0.2, 0.25) is 0 Å². The predicted octanol–water partition coefficient (Wildman–Crippen LogP) is 3.11. The Morgan fingerprint density at radius 1 is 1.40 bits per heavy atom. The number of fused-ring (bicyclic) bond motifs is 1. The number of carbonyl (C=O) groups excluding carboxylic acids is 1. The second-order valence-corrected chi connectivity index (χ2v) is 5.96. The number of ether oxygens (including phenoxy) is 1. The largest absolute Gasteiger partial charge is 0.376 e. The number of hydrogen-bond donors (Lipinski definition) is 0. The van der Waals surface area contributed by atoms with Crippen LogP contribution in [0.4, 0.5) is 0 Å². The Hall–Kier alpha value is -1.81. The predicted molar refractivity (Wildman–Crippen MR) is 76.9 cm³/mol. The molecule has 0 aliphatic carbocycles. The molecule has 4 nitrogen and oxygen atoms in total. The van der Waals surface area contributed by atoms with Crippen molar-refractivity contribution in [2.45, 2.75) is 38.2 Å². The lowest BCUT2D eigenvalue weighted by Crippen LogP contribution is -2.33. The molecule has 0 radical (unpaired) electrons. The van der Waals surface area contributed by atoms with Crippen LogP contribution in [0.5, 0.6) is 0 Å². The molecule has 1 atom stereocenters. The summed E-state index contributed by atoms with van der Waals surface area (Å²) in [5.74, 6) is 1.22. The van der Waals surface area contributed by atoms with E-state index in [9.17, 15) is 4.79 Å². The summed E-state index contributed by atoms with van der Waals surface area (Å²) in [6.07, 6.45) is 4.55. The summed E-state index contributed by atoms with van der Waals surface area (Å²) >= 11 is 0. The monoisotopic (exact) mass is 270 g/mol. The van der Waals surface area contributed by atoms with E-state index in [2.05, 4.69) is 23.8 Å². The first kappa shape index (κ1) is 13.2. The summed E-state index contributed by atoms with van der Waals surface area (Å²) in [5, 5.41) is 0.907. The number of aldehydes is 1. The lowest BCUT2D eigenvalue weighted by molar-refractivity contribution is -0.0602. The summed E-state index contributed by atoms with van der Waals surface area (Å²) < 4.78 is 5.74. The van der Waals surface area contributed by atoms with Crippen LogP contribution < -0.4 is 0 Å². The molecule has 1 aromatic heterocycles. The molecule has 0 saturated carbocycles. The van der Waals surface area contributed by atoms with Crippen molar-refractivity contribution in [3.05, 3.63) is 35.8 Å². The highest BCUT2D eigenvalue weighted by atomic mass is 16.5. The zero-order valence-corrected chi connectivity index (χ0v) is 11.8. The van der Waals surface area contributed by atoms with Crippen molar-refractivity contribution in [1.82, 2.24) is 9.97 Å². The van der Waals surface area contributed by atoms with Crippen LogP contribution in [0.25, 0.3) is 10.9 Å². The second kappa shape index (κ2) is 4.94. The highest BCUT2D eigenvalue weighted by Gasteiger charge is 2.31. The third-order valence-corrected chi connectivity index (χ3v) is 3.82. The van der Waals surface area contributed by atoms with Crippen LogP contribution in [-0.4, -0.2) is 28.5 Å². The first-order valence-corrected chi connectivity index (χ1v) is 6.93. The molecular weight excluding hydrogens is 252 g/mol. The average Bonchev–Trinajstić information content (AvgIpc) is 2.45. The van der Waals surface area contributed by atoms with E-state index in [4.69, 9.17) is 4.74 Å². The Kier molecular flexibility index (Phi) is 3.26. The Morgan fingerprint density at radius 3 is 3.00 bits per heavy atom. The van der Waals surface area contributed by atoms with Gasteiger partial charge < -0.3 is 4.74 Å². The van der Waals surface area contributed by atoms with Gasteiger partial charge in [-0.15, -0.1) is 0 Å². The standard InChI is InChI=1S/C16H18N2O2/c1-16(2)8-12(5-6-20-16)15-17-9-13-7-11(10-19)3-4-14(13)18-15/h3-4,7,9-10,12H,5-6,8H2,1-2H3/t12-/m0/s1. The maximum absolute atomic E-state index is 10.8. The molecule has 1 aliphatic rings. The van der Waals surface area contributed by atoms with E-state index in [1.807, 2.05) is 18.3 Å². The van der Waals surface area contributed by atoms with Crippen LogP contribution in [0.2, 0.25) is 0 Å². The first-order valence-electron chi connectivity index (χ1n) is 6.93. The van der Waals surface area contributed by atoms with Gasteiger partial charge in [-0.25, -0.2) is 9.97 Å². The van der Waals surface area contributed by atoms with E-state index in [0.29, 0.717) is 11.5 Å². The molecule has 20 heavy (non-hydrogen) atoms. The molecule has 2 aromatic rings. The number of hydrogen-bond acceptors (Lipinski definition) is 4. The maximum Gasteiger partial charge on any atom is 0.150 e. The summed E-state index contributed by atoms with van der Waals surface area (Å²) in [6, 6.07) is 5.49. The molecule has 2 heterocycles. The molecule has 3 rings (SSSR count). The van der Waals surface area contributed by atoms with Gasteiger partial charge >= 0.3 is 0 Å². The fourth-order valence-corrected chi connectivity index (χ4v) is 2.79. The minimum Gasteiger partial charge on any atom is -0.376 e. The SMILES string of the molecule is CC1(C)C[C@@H](c2ncc3cc(C=O)ccc3n2)CCO1. The van der Waals surface area contributed by atoms with Crippen LogP contribution in [0.15, 0.2) is 24.4 Å². The van der Waals surface area contributed by atoms with Gasteiger partial charge in [0.25, 0.3) is 0 Å². The lowest BCUT2D eigenvalue weighted by Gasteiger charge is -2.34. The van der Waals surface area contributed by atoms with Crippen LogP contribution >= 0.6 is 0 Å². The molecule has 0 amide bonds. The smallest absolute Gasteiger partial charge is 0.150 e. The van der Waals surface area contributed by atoms with E-state index in [0.717, 1.165) is 42.5 Å². The van der Waals surface area contributed by atoms with E-state index in [1.165, 1.54) is 0 Å². The van der Waals surface area contributed by atoms with Gasteiger partial charge in [0.15, 0.2) is 0 Å². The molecule has 0 spiro atoms. The van der Waals surface area contributed by atoms with Crippen molar-refractivity contribution in [2.24, 2.45) is 0 Å². The van der Waals surface area contributed by atoms with Crippen molar-refractivity contribution in [3.63, 3.8) is 0 Å². The molecule has 4 heteroatoms. The topological polar surface area (TPSA) is 52.1 Å². The Bertz CT molecular complexity index is 652. The number of rotatable bonds is 2.